The summed E-state index contributed by atoms with van der Waals surface area (Å²) in [4.78, 5) is 30.3. The molecule has 31 heavy (non-hydrogen) atoms. The number of fused-ring (bicyclic) bond motifs is 1. The van der Waals surface area contributed by atoms with Gasteiger partial charge in [0.05, 0.1) is 6.04 Å². The molecule has 5 rings (SSSR count). The van der Waals surface area contributed by atoms with Gasteiger partial charge < -0.3 is 14.9 Å². The van der Waals surface area contributed by atoms with Crippen molar-refractivity contribution >= 4 is 11.8 Å². The molecule has 0 aliphatic carbocycles. The van der Waals surface area contributed by atoms with E-state index >= 15 is 0 Å². The van der Waals surface area contributed by atoms with Crippen LogP contribution in [0.15, 0.2) is 84.9 Å². The fourth-order valence-electron chi connectivity index (χ4n) is 5.03. The number of phenolic OH excluding ortho intramolecular Hbond substituents is 1. The van der Waals surface area contributed by atoms with Gasteiger partial charge in [-0.1, -0.05) is 48.5 Å². The van der Waals surface area contributed by atoms with Crippen LogP contribution in [0.1, 0.15) is 32.3 Å². The third kappa shape index (κ3) is 3.56. The zero-order chi connectivity index (χ0) is 21.4. The molecule has 2 heterocycles. The minimum absolute atomic E-state index is 0.0258. The lowest BCUT2D eigenvalue weighted by molar-refractivity contribution is 0.0677. The molecule has 3 atom stereocenters. The van der Waals surface area contributed by atoms with E-state index in [1.54, 1.807) is 12.1 Å². The van der Waals surface area contributed by atoms with E-state index in [-0.39, 0.29) is 35.4 Å². The average molecular weight is 412 g/mol. The van der Waals surface area contributed by atoms with Crippen LogP contribution in [0.3, 0.4) is 0 Å². The van der Waals surface area contributed by atoms with E-state index in [2.05, 4.69) is 12.1 Å². The van der Waals surface area contributed by atoms with E-state index in [9.17, 15) is 14.7 Å². The molecule has 1 N–H and O–H groups in total. The Hall–Kier alpha value is -3.60. The standard InChI is InChI=1S/C26H24N2O3/c29-22-13-11-20(12-14-22)25(30)27-15-21-16-28(26(31)19-9-5-2-6-10-19)24(23(21)17-27)18-7-3-1-4-8-18/h1-14,21,23-24,29H,15-17H2/t21-,23-,24+/m0/s1. The van der Waals surface area contributed by atoms with Gasteiger partial charge in [-0.05, 0) is 42.0 Å². The number of aromatic hydroxyl groups is 1. The first kappa shape index (κ1) is 19.4. The molecule has 2 aliphatic heterocycles. The molecule has 2 saturated heterocycles. The van der Waals surface area contributed by atoms with E-state index in [0.717, 1.165) is 5.56 Å². The lowest BCUT2D eigenvalue weighted by Crippen LogP contribution is -2.37. The molecular formula is C26H24N2O3. The van der Waals surface area contributed by atoms with Gasteiger partial charge in [0.1, 0.15) is 5.75 Å². The maximum absolute atomic E-state index is 13.4. The van der Waals surface area contributed by atoms with Crippen LogP contribution in [-0.4, -0.2) is 46.4 Å². The summed E-state index contributed by atoms with van der Waals surface area (Å²) in [6.45, 7) is 1.88. The second-order valence-corrected chi connectivity index (χ2v) is 8.36. The van der Waals surface area contributed by atoms with Crippen LogP contribution in [0.25, 0.3) is 0 Å². The highest BCUT2D eigenvalue weighted by molar-refractivity contribution is 5.95. The maximum atomic E-state index is 13.4. The maximum Gasteiger partial charge on any atom is 0.254 e. The predicted octanol–water partition coefficient (Wildman–Crippen LogP) is 3.98. The number of carbonyl (C=O) groups is 2. The van der Waals surface area contributed by atoms with Crippen LogP contribution < -0.4 is 0 Å². The molecule has 2 amide bonds. The molecule has 0 unspecified atom stereocenters. The van der Waals surface area contributed by atoms with Gasteiger partial charge in [-0.25, -0.2) is 0 Å². The molecule has 5 nitrogen and oxygen atoms in total. The highest BCUT2D eigenvalue weighted by atomic mass is 16.3. The lowest BCUT2D eigenvalue weighted by atomic mass is 9.89. The molecule has 0 spiro atoms. The summed E-state index contributed by atoms with van der Waals surface area (Å²) in [6, 6.07) is 25.9. The number of amides is 2. The van der Waals surface area contributed by atoms with Crippen molar-refractivity contribution in [3.63, 3.8) is 0 Å². The molecule has 3 aromatic rings. The van der Waals surface area contributed by atoms with Crippen molar-refractivity contribution in [2.45, 2.75) is 6.04 Å². The van der Waals surface area contributed by atoms with Gasteiger partial charge >= 0.3 is 0 Å². The van der Waals surface area contributed by atoms with Gasteiger partial charge in [0.25, 0.3) is 11.8 Å². The van der Waals surface area contributed by atoms with Crippen molar-refractivity contribution in [3.8, 4) is 5.75 Å². The zero-order valence-electron chi connectivity index (χ0n) is 17.1. The van der Waals surface area contributed by atoms with Crippen molar-refractivity contribution in [2.75, 3.05) is 19.6 Å². The first-order valence-electron chi connectivity index (χ1n) is 10.6. The molecule has 2 aliphatic rings. The van der Waals surface area contributed by atoms with Crippen LogP contribution in [0, 0.1) is 11.8 Å². The number of nitrogens with zero attached hydrogens (tertiary/aromatic N) is 2. The summed E-state index contributed by atoms with van der Waals surface area (Å²) in [5, 5.41) is 9.51. The van der Waals surface area contributed by atoms with E-state index < -0.39 is 0 Å². The summed E-state index contributed by atoms with van der Waals surface area (Å²) < 4.78 is 0. The molecule has 0 radical (unpaired) electrons. The number of benzene rings is 3. The number of rotatable bonds is 3. The smallest absolute Gasteiger partial charge is 0.254 e. The van der Waals surface area contributed by atoms with Gasteiger partial charge in [0.15, 0.2) is 0 Å². The SMILES string of the molecule is O=C(c1ccc(O)cc1)N1C[C@H]2CN(C(=O)c3ccccc3)[C@H](c3ccccc3)[C@H]2C1. The first-order valence-corrected chi connectivity index (χ1v) is 10.6. The number of hydrogen-bond donors (Lipinski definition) is 1. The Kier molecular flexibility index (Phi) is 4.94. The first-order chi connectivity index (χ1) is 15.1. The van der Waals surface area contributed by atoms with Crippen LogP contribution in [0.5, 0.6) is 5.75 Å². The molecule has 0 bridgehead atoms. The highest BCUT2D eigenvalue weighted by Crippen LogP contribution is 2.45. The van der Waals surface area contributed by atoms with Crippen molar-refractivity contribution in [1.82, 2.24) is 9.80 Å². The Labute approximate surface area is 181 Å². The third-order valence-electron chi connectivity index (χ3n) is 6.49. The quantitative estimate of drug-likeness (QED) is 0.708. The molecular weight excluding hydrogens is 388 g/mol. The fraction of sp³-hybridized carbons (Fsp3) is 0.231. The van der Waals surface area contributed by atoms with E-state index in [4.69, 9.17) is 0 Å². The van der Waals surface area contributed by atoms with Crippen molar-refractivity contribution < 1.29 is 14.7 Å². The molecule has 2 fully saturated rings. The Bertz CT molecular complexity index is 1080. The van der Waals surface area contributed by atoms with Crippen LogP contribution >= 0.6 is 0 Å². The highest BCUT2D eigenvalue weighted by Gasteiger charge is 2.50. The average Bonchev–Trinajstić information content (AvgIpc) is 3.38. The molecule has 0 aromatic heterocycles. The summed E-state index contributed by atoms with van der Waals surface area (Å²) in [6.07, 6.45) is 0. The van der Waals surface area contributed by atoms with Gasteiger partial charge in [-0.3, -0.25) is 9.59 Å². The molecule has 5 heteroatoms. The Morgan fingerprint density at radius 2 is 1.32 bits per heavy atom. The van der Waals surface area contributed by atoms with Crippen molar-refractivity contribution in [3.05, 3.63) is 102 Å². The topological polar surface area (TPSA) is 60.9 Å². The van der Waals surface area contributed by atoms with Crippen LogP contribution in [-0.2, 0) is 0 Å². The lowest BCUT2D eigenvalue weighted by Gasteiger charge is -2.30. The minimum atomic E-state index is -0.0588. The van der Waals surface area contributed by atoms with Gasteiger partial charge in [0.2, 0.25) is 0 Å². The van der Waals surface area contributed by atoms with Crippen LogP contribution in [0.4, 0.5) is 0 Å². The normalized spacial score (nSPS) is 22.4. The van der Waals surface area contributed by atoms with Crippen molar-refractivity contribution in [2.24, 2.45) is 11.8 Å². The third-order valence-corrected chi connectivity index (χ3v) is 6.49. The van der Waals surface area contributed by atoms with Gasteiger partial charge in [-0.15, -0.1) is 0 Å². The number of phenols is 1. The van der Waals surface area contributed by atoms with E-state index in [1.807, 2.05) is 58.3 Å². The van der Waals surface area contributed by atoms with E-state index in [1.165, 1.54) is 12.1 Å². The second kappa shape index (κ2) is 7.91. The van der Waals surface area contributed by atoms with Gasteiger partial charge in [-0.2, -0.15) is 0 Å². The Morgan fingerprint density at radius 1 is 0.710 bits per heavy atom. The Morgan fingerprint density at radius 3 is 2.00 bits per heavy atom. The largest absolute Gasteiger partial charge is 0.508 e. The predicted molar refractivity (Wildman–Crippen MR) is 118 cm³/mol. The summed E-state index contributed by atoms with van der Waals surface area (Å²) >= 11 is 0. The number of likely N-dealkylation sites (tertiary alicyclic amines) is 2. The minimum Gasteiger partial charge on any atom is -0.508 e. The monoisotopic (exact) mass is 412 g/mol. The van der Waals surface area contributed by atoms with E-state index in [0.29, 0.717) is 30.8 Å². The molecule has 3 aromatic carbocycles. The summed E-state index contributed by atoms with van der Waals surface area (Å²) in [7, 11) is 0. The van der Waals surface area contributed by atoms with Crippen LogP contribution in [0.2, 0.25) is 0 Å². The molecule has 0 saturated carbocycles. The zero-order valence-corrected chi connectivity index (χ0v) is 17.1. The van der Waals surface area contributed by atoms with Crippen molar-refractivity contribution in [1.29, 1.82) is 0 Å². The summed E-state index contributed by atoms with van der Waals surface area (Å²) in [5.74, 6) is 0.589. The molecule has 156 valence electrons. The number of hydrogen-bond acceptors (Lipinski definition) is 3. The fourth-order valence-corrected chi connectivity index (χ4v) is 5.03. The Balaban J connectivity index is 1.42. The van der Waals surface area contributed by atoms with Gasteiger partial charge in [0, 0.05) is 42.6 Å². The second-order valence-electron chi connectivity index (χ2n) is 8.36. The number of carbonyl (C=O) groups excluding carboxylic acids is 2. The summed E-state index contributed by atoms with van der Waals surface area (Å²) in [5.41, 5.74) is 2.38.